The van der Waals surface area contributed by atoms with Gasteiger partial charge in [0.25, 0.3) is 5.91 Å². The van der Waals surface area contributed by atoms with E-state index in [2.05, 4.69) is 25.5 Å². The molecule has 5 nitrogen and oxygen atoms in total. The maximum absolute atomic E-state index is 12.6. The van der Waals surface area contributed by atoms with Crippen molar-refractivity contribution in [1.29, 1.82) is 0 Å². The van der Waals surface area contributed by atoms with E-state index in [9.17, 15) is 4.79 Å². The summed E-state index contributed by atoms with van der Waals surface area (Å²) in [4.78, 5) is 15.1. The summed E-state index contributed by atoms with van der Waals surface area (Å²) in [5.74, 6) is 0.0224. The van der Waals surface area contributed by atoms with E-state index in [1.807, 2.05) is 25.7 Å². The first-order valence-corrected chi connectivity index (χ1v) is 8.20. The molecule has 1 aliphatic rings. The lowest BCUT2D eigenvalue weighted by Crippen LogP contribution is -2.55. The third-order valence-electron chi connectivity index (χ3n) is 3.03. The third-order valence-corrected chi connectivity index (χ3v) is 4.50. The van der Waals surface area contributed by atoms with Gasteiger partial charge in [0.2, 0.25) is 0 Å². The van der Waals surface area contributed by atoms with E-state index in [4.69, 9.17) is 4.74 Å². The third kappa shape index (κ3) is 3.32. The lowest BCUT2D eigenvalue weighted by molar-refractivity contribution is -0.116. The molecule has 7 heteroatoms. The number of nitrogens with zero attached hydrogens (tertiary/aromatic N) is 3. The van der Waals surface area contributed by atoms with Gasteiger partial charge in [0, 0.05) is 18.4 Å². The van der Waals surface area contributed by atoms with Crippen molar-refractivity contribution < 1.29 is 9.53 Å². The molecule has 0 aliphatic carbocycles. The summed E-state index contributed by atoms with van der Waals surface area (Å²) in [5, 5.41) is 4.73. The quantitative estimate of drug-likeness (QED) is 0.785. The van der Waals surface area contributed by atoms with Crippen LogP contribution in [0.4, 0.5) is 0 Å². The molecule has 2 rings (SSSR count). The molecule has 1 unspecified atom stereocenters. The second-order valence-electron chi connectivity index (χ2n) is 5.24. The van der Waals surface area contributed by atoms with Gasteiger partial charge in [0.05, 0.1) is 17.4 Å². The van der Waals surface area contributed by atoms with Crippen molar-refractivity contribution in [3.63, 3.8) is 0 Å². The fraction of sp³-hybridized carbons (Fsp3) is 0.750. The zero-order valence-electron chi connectivity index (χ0n) is 11.4. The SMILES string of the molecule is CCc1nnsc1C(=O)N1CC(CBr)OC(C)(C)C1. The van der Waals surface area contributed by atoms with Gasteiger partial charge in [-0.05, 0) is 31.8 Å². The number of morpholine rings is 1. The zero-order chi connectivity index (χ0) is 14.0. The van der Waals surface area contributed by atoms with Crippen molar-refractivity contribution in [2.45, 2.75) is 38.9 Å². The summed E-state index contributed by atoms with van der Waals surface area (Å²) >= 11 is 4.61. The number of halogens is 1. The first kappa shape index (κ1) is 14.9. The highest BCUT2D eigenvalue weighted by Crippen LogP contribution is 2.25. The van der Waals surface area contributed by atoms with Crippen LogP contribution in [0.15, 0.2) is 0 Å². The number of aryl methyl sites for hydroxylation is 1. The van der Waals surface area contributed by atoms with E-state index in [0.29, 0.717) is 18.0 Å². The van der Waals surface area contributed by atoms with E-state index < -0.39 is 0 Å². The van der Waals surface area contributed by atoms with Crippen molar-refractivity contribution >= 4 is 33.4 Å². The molecule has 1 aromatic rings. The number of ether oxygens (including phenoxy) is 1. The molecule has 1 amide bonds. The minimum Gasteiger partial charge on any atom is -0.368 e. The van der Waals surface area contributed by atoms with Crippen molar-refractivity contribution in [3.05, 3.63) is 10.6 Å². The molecule has 0 spiro atoms. The number of aromatic nitrogens is 2. The van der Waals surface area contributed by atoms with Crippen LogP contribution in [-0.2, 0) is 11.2 Å². The Labute approximate surface area is 125 Å². The van der Waals surface area contributed by atoms with Crippen molar-refractivity contribution in [2.75, 3.05) is 18.4 Å². The number of alkyl halides is 1. The second kappa shape index (κ2) is 5.85. The number of hydrogen-bond donors (Lipinski definition) is 0. The average Bonchev–Trinajstić information content (AvgIpc) is 2.84. The minimum atomic E-state index is -0.323. The Bertz CT molecular complexity index is 464. The van der Waals surface area contributed by atoms with Gasteiger partial charge in [0.15, 0.2) is 0 Å². The molecule has 0 saturated carbocycles. The maximum atomic E-state index is 12.6. The van der Waals surface area contributed by atoms with Crippen LogP contribution in [0.3, 0.4) is 0 Å². The molecule has 2 heterocycles. The normalized spacial score (nSPS) is 22.5. The molecule has 0 bridgehead atoms. The maximum Gasteiger partial charge on any atom is 0.267 e. The molecule has 1 aliphatic heterocycles. The predicted octanol–water partition coefficient (Wildman–Crippen LogP) is 2.12. The summed E-state index contributed by atoms with van der Waals surface area (Å²) in [5.41, 5.74) is 0.464. The Kier molecular flexibility index (Phi) is 4.58. The fourth-order valence-corrected chi connectivity index (χ4v) is 3.33. The van der Waals surface area contributed by atoms with Gasteiger partial charge in [-0.3, -0.25) is 4.79 Å². The Morgan fingerprint density at radius 2 is 2.37 bits per heavy atom. The van der Waals surface area contributed by atoms with Crippen molar-refractivity contribution in [3.8, 4) is 0 Å². The van der Waals surface area contributed by atoms with Crippen LogP contribution >= 0.6 is 27.5 Å². The molecule has 0 aromatic carbocycles. The first-order valence-electron chi connectivity index (χ1n) is 6.31. The standard InChI is InChI=1S/C12H18BrN3O2S/c1-4-9-10(19-15-14-9)11(17)16-6-8(5-13)18-12(2,3)7-16/h8H,4-7H2,1-3H3. The van der Waals surface area contributed by atoms with Gasteiger partial charge in [-0.15, -0.1) is 5.10 Å². The smallest absolute Gasteiger partial charge is 0.267 e. The van der Waals surface area contributed by atoms with E-state index in [0.717, 1.165) is 17.4 Å². The molecule has 1 saturated heterocycles. The number of rotatable bonds is 3. The molecule has 0 N–H and O–H groups in total. The van der Waals surface area contributed by atoms with Gasteiger partial charge in [-0.1, -0.05) is 27.3 Å². The largest absolute Gasteiger partial charge is 0.368 e. The molecular formula is C12H18BrN3O2S. The monoisotopic (exact) mass is 347 g/mol. The molecule has 0 radical (unpaired) electrons. The Balaban J connectivity index is 2.18. The van der Waals surface area contributed by atoms with Crippen LogP contribution in [-0.4, -0.2) is 50.5 Å². The van der Waals surface area contributed by atoms with Crippen LogP contribution in [0, 0.1) is 0 Å². The highest BCUT2D eigenvalue weighted by atomic mass is 79.9. The highest BCUT2D eigenvalue weighted by Gasteiger charge is 2.36. The molecule has 1 fully saturated rings. The van der Waals surface area contributed by atoms with Gasteiger partial charge >= 0.3 is 0 Å². The molecule has 106 valence electrons. The van der Waals surface area contributed by atoms with Crippen LogP contribution in [0.2, 0.25) is 0 Å². The summed E-state index contributed by atoms with van der Waals surface area (Å²) < 4.78 is 9.80. The van der Waals surface area contributed by atoms with Gasteiger partial charge in [-0.25, -0.2) is 0 Å². The van der Waals surface area contributed by atoms with Crippen molar-refractivity contribution in [1.82, 2.24) is 14.5 Å². The fourth-order valence-electron chi connectivity index (χ4n) is 2.28. The van der Waals surface area contributed by atoms with Crippen LogP contribution < -0.4 is 0 Å². The van der Waals surface area contributed by atoms with Crippen LogP contribution in [0.25, 0.3) is 0 Å². The second-order valence-corrected chi connectivity index (χ2v) is 6.64. The summed E-state index contributed by atoms with van der Waals surface area (Å²) in [6.45, 7) is 7.20. The lowest BCUT2D eigenvalue weighted by atomic mass is 10.1. The Morgan fingerprint density at radius 1 is 1.63 bits per heavy atom. The van der Waals surface area contributed by atoms with E-state index in [1.165, 1.54) is 11.5 Å². The molecular weight excluding hydrogens is 330 g/mol. The van der Waals surface area contributed by atoms with Gasteiger partial charge in [-0.2, -0.15) is 0 Å². The molecule has 19 heavy (non-hydrogen) atoms. The Hall–Kier alpha value is -0.530. The number of carbonyl (C=O) groups excluding carboxylic acids is 1. The summed E-state index contributed by atoms with van der Waals surface area (Å²) in [6, 6.07) is 0. The molecule has 1 atom stereocenters. The minimum absolute atomic E-state index is 0.0224. The average molecular weight is 348 g/mol. The van der Waals surface area contributed by atoms with E-state index in [-0.39, 0.29) is 17.6 Å². The predicted molar refractivity (Wildman–Crippen MR) is 77.9 cm³/mol. The first-order chi connectivity index (χ1) is 8.96. The van der Waals surface area contributed by atoms with Crippen LogP contribution in [0.5, 0.6) is 0 Å². The molecule has 1 aromatic heterocycles. The Morgan fingerprint density at radius 3 is 3.00 bits per heavy atom. The van der Waals surface area contributed by atoms with E-state index in [1.54, 1.807) is 0 Å². The topological polar surface area (TPSA) is 55.3 Å². The summed E-state index contributed by atoms with van der Waals surface area (Å²) in [7, 11) is 0. The van der Waals surface area contributed by atoms with E-state index >= 15 is 0 Å². The van der Waals surface area contributed by atoms with Crippen molar-refractivity contribution in [2.24, 2.45) is 0 Å². The number of amides is 1. The number of carbonyl (C=O) groups is 1. The van der Waals surface area contributed by atoms with Gasteiger partial charge in [0.1, 0.15) is 4.88 Å². The zero-order valence-corrected chi connectivity index (χ0v) is 13.8. The van der Waals surface area contributed by atoms with Crippen LogP contribution in [0.1, 0.15) is 36.1 Å². The number of hydrogen-bond acceptors (Lipinski definition) is 5. The summed E-state index contributed by atoms with van der Waals surface area (Å²) in [6.07, 6.45) is 0.756. The van der Waals surface area contributed by atoms with Gasteiger partial charge < -0.3 is 9.64 Å². The lowest BCUT2D eigenvalue weighted by Gasteiger charge is -2.42. The highest BCUT2D eigenvalue weighted by molar-refractivity contribution is 9.09.